The molecule has 6 heteroatoms. The molecular weight excluding hydrogens is 238 g/mol. The van der Waals surface area contributed by atoms with Crippen molar-refractivity contribution in [2.45, 2.75) is 12.5 Å². The van der Waals surface area contributed by atoms with Crippen molar-refractivity contribution in [3.05, 3.63) is 23.8 Å². The monoisotopic (exact) mass is 253 g/mol. The van der Waals surface area contributed by atoms with E-state index in [0.717, 1.165) is 0 Å². The number of nitrogens with one attached hydrogen (secondary N) is 1. The zero-order valence-electron chi connectivity index (χ0n) is 10.2. The van der Waals surface area contributed by atoms with Gasteiger partial charge in [0, 0.05) is 12.5 Å². The number of carbonyl (C=O) groups excluding carboxylic acids is 1. The summed E-state index contributed by atoms with van der Waals surface area (Å²) in [4.78, 5) is 21.3. The van der Waals surface area contributed by atoms with Gasteiger partial charge in [-0.3, -0.25) is 4.79 Å². The number of amides is 1. The van der Waals surface area contributed by atoms with E-state index in [1.54, 1.807) is 18.2 Å². The summed E-state index contributed by atoms with van der Waals surface area (Å²) in [5.41, 5.74) is 0.681. The van der Waals surface area contributed by atoms with E-state index in [0.29, 0.717) is 23.5 Å². The highest BCUT2D eigenvalue weighted by Crippen LogP contribution is 2.25. The Labute approximate surface area is 105 Å². The first-order valence-corrected chi connectivity index (χ1v) is 5.25. The molecule has 1 rings (SSSR count). The second-order valence-corrected chi connectivity index (χ2v) is 3.56. The van der Waals surface area contributed by atoms with Crippen molar-refractivity contribution in [2.75, 3.05) is 14.2 Å². The van der Waals surface area contributed by atoms with Crippen LogP contribution in [0.2, 0.25) is 0 Å². The number of carboxylic acid groups (broad SMARTS) is 1. The first kappa shape index (κ1) is 13.8. The molecule has 18 heavy (non-hydrogen) atoms. The van der Waals surface area contributed by atoms with Gasteiger partial charge in [-0.2, -0.15) is 0 Å². The standard InChI is InChI=1S/C12H15NO5/c1-17-9-4-3-8(11(6-9)18-2)5-10(12(15)16)13-7-14/h3-4,6-7,10H,5H2,1-2H3,(H,13,14)(H,15,16). The highest BCUT2D eigenvalue weighted by atomic mass is 16.5. The van der Waals surface area contributed by atoms with Crippen LogP contribution in [0.4, 0.5) is 0 Å². The van der Waals surface area contributed by atoms with E-state index < -0.39 is 12.0 Å². The van der Waals surface area contributed by atoms with Crippen molar-refractivity contribution < 1.29 is 24.2 Å². The maximum atomic E-state index is 10.9. The van der Waals surface area contributed by atoms with Crippen molar-refractivity contribution in [3.8, 4) is 11.5 Å². The Balaban J connectivity index is 2.94. The zero-order chi connectivity index (χ0) is 13.5. The zero-order valence-corrected chi connectivity index (χ0v) is 10.2. The minimum atomic E-state index is -1.10. The second-order valence-electron chi connectivity index (χ2n) is 3.56. The Bertz CT molecular complexity index is 432. The number of benzene rings is 1. The van der Waals surface area contributed by atoms with Gasteiger partial charge in [-0.05, 0) is 11.6 Å². The van der Waals surface area contributed by atoms with Gasteiger partial charge >= 0.3 is 5.97 Å². The number of carboxylic acids is 1. The normalized spacial score (nSPS) is 11.4. The quantitative estimate of drug-likeness (QED) is 0.689. The third-order valence-corrected chi connectivity index (χ3v) is 2.49. The minimum absolute atomic E-state index is 0.140. The number of carbonyl (C=O) groups is 2. The molecule has 6 nitrogen and oxygen atoms in total. The van der Waals surface area contributed by atoms with Gasteiger partial charge < -0.3 is 19.9 Å². The predicted octanol–water partition coefficient (Wildman–Crippen LogP) is 0.445. The lowest BCUT2D eigenvalue weighted by Gasteiger charge is -2.14. The van der Waals surface area contributed by atoms with Crippen LogP contribution in [0.5, 0.6) is 11.5 Å². The lowest BCUT2D eigenvalue weighted by atomic mass is 10.0. The first-order valence-electron chi connectivity index (χ1n) is 5.25. The van der Waals surface area contributed by atoms with Crippen molar-refractivity contribution in [2.24, 2.45) is 0 Å². The fourth-order valence-corrected chi connectivity index (χ4v) is 1.54. The van der Waals surface area contributed by atoms with Gasteiger partial charge in [-0.15, -0.1) is 0 Å². The van der Waals surface area contributed by atoms with Gasteiger partial charge in [-0.25, -0.2) is 4.79 Å². The Morgan fingerprint density at radius 3 is 2.67 bits per heavy atom. The highest BCUT2D eigenvalue weighted by molar-refractivity contribution is 5.76. The number of aliphatic carboxylic acids is 1. The second kappa shape index (κ2) is 6.48. The SMILES string of the molecule is COc1ccc(CC(NC=O)C(=O)O)c(OC)c1. The van der Waals surface area contributed by atoms with E-state index in [4.69, 9.17) is 14.6 Å². The Morgan fingerprint density at radius 1 is 1.44 bits per heavy atom. The molecule has 0 saturated carbocycles. The highest BCUT2D eigenvalue weighted by Gasteiger charge is 2.19. The largest absolute Gasteiger partial charge is 0.497 e. The summed E-state index contributed by atoms with van der Waals surface area (Å²) < 4.78 is 10.2. The number of rotatable bonds is 7. The Morgan fingerprint density at radius 2 is 2.17 bits per heavy atom. The van der Waals surface area contributed by atoms with Crippen LogP contribution in [0.3, 0.4) is 0 Å². The molecule has 0 saturated heterocycles. The fourth-order valence-electron chi connectivity index (χ4n) is 1.54. The first-order chi connectivity index (χ1) is 8.62. The van der Waals surface area contributed by atoms with Crippen LogP contribution >= 0.6 is 0 Å². The van der Waals surface area contributed by atoms with Gasteiger partial charge in [0.1, 0.15) is 17.5 Å². The average molecular weight is 253 g/mol. The number of hydrogen-bond acceptors (Lipinski definition) is 4. The smallest absolute Gasteiger partial charge is 0.326 e. The van der Waals surface area contributed by atoms with Crippen LogP contribution in [0.25, 0.3) is 0 Å². The van der Waals surface area contributed by atoms with Crippen molar-refractivity contribution >= 4 is 12.4 Å². The summed E-state index contributed by atoms with van der Waals surface area (Å²) in [5.74, 6) is 0.0408. The van der Waals surface area contributed by atoms with Gasteiger partial charge in [0.05, 0.1) is 14.2 Å². The van der Waals surface area contributed by atoms with E-state index in [1.165, 1.54) is 14.2 Å². The van der Waals surface area contributed by atoms with Crippen LogP contribution in [-0.4, -0.2) is 37.7 Å². The molecule has 0 radical (unpaired) electrons. The predicted molar refractivity (Wildman–Crippen MR) is 63.9 cm³/mol. The van der Waals surface area contributed by atoms with Crippen LogP contribution in [0, 0.1) is 0 Å². The van der Waals surface area contributed by atoms with Crippen LogP contribution < -0.4 is 14.8 Å². The molecule has 0 fully saturated rings. The third kappa shape index (κ3) is 3.38. The van der Waals surface area contributed by atoms with Crippen molar-refractivity contribution in [1.82, 2.24) is 5.32 Å². The Kier molecular flexibility index (Phi) is 4.98. The molecule has 1 unspecified atom stereocenters. The van der Waals surface area contributed by atoms with Gasteiger partial charge in [0.25, 0.3) is 0 Å². The maximum Gasteiger partial charge on any atom is 0.326 e. The molecule has 0 spiro atoms. The lowest BCUT2D eigenvalue weighted by molar-refractivity contribution is -0.140. The number of ether oxygens (including phenoxy) is 2. The summed E-state index contributed by atoms with van der Waals surface area (Å²) in [5, 5.41) is 11.2. The van der Waals surface area contributed by atoms with Crippen LogP contribution in [-0.2, 0) is 16.0 Å². The molecule has 0 aliphatic heterocycles. The molecule has 2 N–H and O–H groups in total. The molecule has 0 bridgehead atoms. The van der Waals surface area contributed by atoms with Crippen LogP contribution in [0.1, 0.15) is 5.56 Å². The van der Waals surface area contributed by atoms with E-state index in [1.807, 2.05) is 0 Å². The number of hydrogen-bond donors (Lipinski definition) is 2. The molecule has 0 heterocycles. The van der Waals surface area contributed by atoms with Crippen molar-refractivity contribution in [3.63, 3.8) is 0 Å². The molecular formula is C12H15NO5. The summed E-state index contributed by atoms with van der Waals surface area (Å²) >= 11 is 0. The molecule has 0 aromatic heterocycles. The fraction of sp³-hybridized carbons (Fsp3) is 0.333. The topological polar surface area (TPSA) is 84.9 Å². The number of methoxy groups -OCH3 is 2. The summed E-state index contributed by atoms with van der Waals surface area (Å²) in [6.07, 6.45) is 0.510. The van der Waals surface area contributed by atoms with E-state index in [2.05, 4.69) is 5.32 Å². The Hall–Kier alpha value is -2.24. The molecule has 1 atom stereocenters. The molecule has 0 aliphatic carbocycles. The summed E-state index contributed by atoms with van der Waals surface area (Å²) in [6, 6.07) is 4.09. The van der Waals surface area contributed by atoms with Crippen molar-refractivity contribution in [1.29, 1.82) is 0 Å². The van der Waals surface area contributed by atoms with Gasteiger partial charge in [-0.1, -0.05) is 6.07 Å². The average Bonchev–Trinajstić information content (AvgIpc) is 2.38. The maximum absolute atomic E-state index is 10.9. The molecule has 0 aliphatic rings. The molecule has 1 aromatic carbocycles. The van der Waals surface area contributed by atoms with E-state index >= 15 is 0 Å². The van der Waals surface area contributed by atoms with Crippen LogP contribution in [0.15, 0.2) is 18.2 Å². The van der Waals surface area contributed by atoms with Gasteiger partial charge in [0.15, 0.2) is 0 Å². The molecule has 1 aromatic rings. The molecule has 98 valence electrons. The summed E-state index contributed by atoms with van der Waals surface area (Å²) in [6.45, 7) is 0. The minimum Gasteiger partial charge on any atom is -0.497 e. The molecule has 1 amide bonds. The lowest BCUT2D eigenvalue weighted by Crippen LogP contribution is -2.37. The van der Waals surface area contributed by atoms with Gasteiger partial charge in [0.2, 0.25) is 6.41 Å². The third-order valence-electron chi connectivity index (χ3n) is 2.49. The van der Waals surface area contributed by atoms with E-state index in [-0.39, 0.29) is 6.42 Å². The van der Waals surface area contributed by atoms with E-state index in [9.17, 15) is 9.59 Å². The summed E-state index contributed by atoms with van der Waals surface area (Å²) in [7, 11) is 3.02.